The van der Waals surface area contributed by atoms with Gasteiger partial charge in [-0.3, -0.25) is 4.79 Å². The lowest BCUT2D eigenvalue weighted by atomic mass is 10.1. The number of hydrazone groups is 1. The Morgan fingerprint density at radius 3 is 2.71 bits per heavy atom. The molecule has 0 bridgehead atoms. The Morgan fingerprint density at radius 1 is 1.14 bits per heavy atom. The van der Waals surface area contributed by atoms with Gasteiger partial charge < -0.3 is 9.15 Å². The summed E-state index contributed by atoms with van der Waals surface area (Å²) >= 11 is 0. The summed E-state index contributed by atoms with van der Waals surface area (Å²) in [5, 5.41) is 4.93. The van der Waals surface area contributed by atoms with Crippen LogP contribution in [-0.2, 0) is 11.2 Å². The average Bonchev–Trinajstić information content (AvgIpc) is 2.69. The van der Waals surface area contributed by atoms with Crippen molar-refractivity contribution in [2.45, 2.75) is 26.7 Å². The van der Waals surface area contributed by atoms with E-state index in [4.69, 9.17) is 9.15 Å². The smallest absolute Gasteiger partial charge is 0.336 e. The Labute approximate surface area is 162 Å². The molecule has 3 aromatic rings. The van der Waals surface area contributed by atoms with Crippen LogP contribution in [0.2, 0.25) is 0 Å². The van der Waals surface area contributed by atoms with E-state index in [2.05, 4.69) is 22.7 Å². The van der Waals surface area contributed by atoms with E-state index in [9.17, 15) is 9.59 Å². The maximum absolute atomic E-state index is 12.0. The first-order valence-electron chi connectivity index (χ1n) is 9.04. The van der Waals surface area contributed by atoms with Crippen molar-refractivity contribution in [3.05, 3.63) is 76.1 Å². The number of benzene rings is 2. The summed E-state index contributed by atoms with van der Waals surface area (Å²) < 4.78 is 10.6. The van der Waals surface area contributed by atoms with E-state index in [1.807, 2.05) is 32.0 Å². The van der Waals surface area contributed by atoms with Gasteiger partial charge in [0.2, 0.25) is 0 Å². The first-order chi connectivity index (χ1) is 13.5. The number of amides is 1. The predicted molar refractivity (Wildman–Crippen MR) is 109 cm³/mol. The molecule has 28 heavy (non-hydrogen) atoms. The zero-order valence-electron chi connectivity index (χ0n) is 15.9. The summed E-state index contributed by atoms with van der Waals surface area (Å²) in [5.74, 6) is 0.0889. The van der Waals surface area contributed by atoms with Gasteiger partial charge in [0.05, 0.1) is 0 Å². The second-order valence-corrected chi connectivity index (χ2v) is 6.56. The van der Waals surface area contributed by atoms with Crippen LogP contribution in [0.3, 0.4) is 0 Å². The van der Waals surface area contributed by atoms with Crippen LogP contribution in [0.5, 0.6) is 5.75 Å². The summed E-state index contributed by atoms with van der Waals surface area (Å²) in [6.45, 7) is 3.53. The minimum absolute atomic E-state index is 0.184. The molecule has 0 radical (unpaired) electrons. The first kappa shape index (κ1) is 19.4. The number of nitrogens with one attached hydrogen (secondary N) is 1. The molecular weight excluding hydrogens is 356 g/mol. The molecule has 0 aliphatic heterocycles. The quantitative estimate of drug-likeness (QED) is 0.387. The van der Waals surface area contributed by atoms with Gasteiger partial charge in [0.25, 0.3) is 5.91 Å². The molecule has 1 heterocycles. The van der Waals surface area contributed by atoms with Crippen molar-refractivity contribution in [2.24, 2.45) is 5.10 Å². The van der Waals surface area contributed by atoms with Crippen molar-refractivity contribution in [3.63, 3.8) is 0 Å². The molecule has 144 valence electrons. The maximum Gasteiger partial charge on any atom is 0.336 e. The first-order valence-corrected chi connectivity index (χ1v) is 9.04. The van der Waals surface area contributed by atoms with Gasteiger partial charge in [-0.1, -0.05) is 30.3 Å². The molecule has 1 aromatic heterocycles. The molecule has 3 rings (SSSR count). The Bertz CT molecular complexity index is 1060. The van der Waals surface area contributed by atoms with Crippen molar-refractivity contribution < 1.29 is 13.9 Å². The van der Waals surface area contributed by atoms with E-state index in [0.29, 0.717) is 11.3 Å². The molecule has 0 saturated heterocycles. The van der Waals surface area contributed by atoms with E-state index in [0.717, 1.165) is 29.5 Å². The van der Waals surface area contributed by atoms with Crippen LogP contribution in [0.4, 0.5) is 0 Å². The van der Waals surface area contributed by atoms with Crippen LogP contribution in [0.1, 0.15) is 24.5 Å². The van der Waals surface area contributed by atoms with Gasteiger partial charge in [-0.25, -0.2) is 10.2 Å². The van der Waals surface area contributed by atoms with Crippen molar-refractivity contribution >= 4 is 22.6 Å². The van der Waals surface area contributed by atoms with Crippen LogP contribution >= 0.6 is 0 Å². The Kier molecular flexibility index (Phi) is 6.22. The molecule has 6 heteroatoms. The highest BCUT2D eigenvalue weighted by Crippen LogP contribution is 2.22. The van der Waals surface area contributed by atoms with Crippen LogP contribution in [-0.4, -0.2) is 18.2 Å². The second kappa shape index (κ2) is 8.99. The van der Waals surface area contributed by atoms with Crippen molar-refractivity contribution in [1.29, 1.82) is 0 Å². The molecule has 1 amide bonds. The van der Waals surface area contributed by atoms with E-state index in [1.165, 1.54) is 11.6 Å². The third-order valence-electron chi connectivity index (χ3n) is 4.28. The van der Waals surface area contributed by atoms with Gasteiger partial charge in [0.15, 0.2) is 6.61 Å². The second-order valence-electron chi connectivity index (χ2n) is 6.56. The largest absolute Gasteiger partial charge is 0.484 e. The van der Waals surface area contributed by atoms with Crippen molar-refractivity contribution in [2.75, 3.05) is 6.61 Å². The Balaban J connectivity index is 1.51. The number of aryl methyl sites for hydroxylation is 2. The summed E-state index contributed by atoms with van der Waals surface area (Å²) in [7, 11) is 0. The normalized spacial score (nSPS) is 11.4. The standard InChI is InChI=1S/C22H22N2O4/c1-15-12-22(26)28-20-13-18(10-11-19(15)20)27-14-21(25)24-23-16(2)8-9-17-6-4-3-5-7-17/h3-7,10-13H,8-9,14H2,1-2H3,(H,24,25)/b23-16-. The Hall–Kier alpha value is -3.41. The average molecular weight is 378 g/mol. The number of rotatable bonds is 7. The molecule has 1 N–H and O–H groups in total. The summed E-state index contributed by atoms with van der Waals surface area (Å²) in [6.07, 6.45) is 1.62. The number of fused-ring (bicyclic) bond motifs is 1. The number of nitrogens with zero attached hydrogens (tertiary/aromatic N) is 1. The van der Waals surface area contributed by atoms with E-state index >= 15 is 0 Å². The van der Waals surface area contributed by atoms with Crippen LogP contribution in [0.15, 0.2) is 68.9 Å². The van der Waals surface area contributed by atoms with Gasteiger partial charge >= 0.3 is 5.63 Å². The Morgan fingerprint density at radius 2 is 1.93 bits per heavy atom. The third kappa shape index (κ3) is 5.30. The minimum atomic E-state index is -0.416. The molecule has 0 aliphatic carbocycles. The predicted octanol–water partition coefficient (Wildman–Crippen LogP) is 3.61. The van der Waals surface area contributed by atoms with E-state index < -0.39 is 5.63 Å². The number of hydrogen-bond acceptors (Lipinski definition) is 5. The molecule has 0 unspecified atom stereocenters. The van der Waals surface area contributed by atoms with Crippen molar-refractivity contribution in [1.82, 2.24) is 5.43 Å². The maximum atomic E-state index is 12.0. The zero-order chi connectivity index (χ0) is 19.9. The molecule has 2 aromatic carbocycles. The summed E-state index contributed by atoms with van der Waals surface area (Å²) in [5.41, 5.74) is 5.40. The SMILES string of the molecule is C/C(CCc1ccccc1)=N/NC(=O)COc1ccc2c(C)cc(=O)oc2c1. The topological polar surface area (TPSA) is 80.9 Å². The number of carbonyl (C=O) groups is 1. The highest BCUT2D eigenvalue weighted by atomic mass is 16.5. The number of carbonyl (C=O) groups excluding carboxylic acids is 1. The fourth-order valence-corrected chi connectivity index (χ4v) is 2.76. The highest BCUT2D eigenvalue weighted by Gasteiger charge is 2.06. The summed E-state index contributed by atoms with van der Waals surface area (Å²) in [4.78, 5) is 23.4. The molecular formula is C22H22N2O4. The monoisotopic (exact) mass is 378 g/mol. The molecule has 0 aliphatic rings. The fraction of sp³-hybridized carbons (Fsp3) is 0.227. The highest BCUT2D eigenvalue weighted by molar-refractivity contribution is 5.85. The van der Waals surface area contributed by atoms with Gasteiger partial charge in [0, 0.05) is 23.2 Å². The van der Waals surface area contributed by atoms with Crippen LogP contribution in [0.25, 0.3) is 11.0 Å². The lowest BCUT2D eigenvalue weighted by Crippen LogP contribution is -2.25. The number of hydrogen-bond donors (Lipinski definition) is 1. The lowest BCUT2D eigenvalue weighted by molar-refractivity contribution is -0.123. The molecule has 0 fully saturated rings. The summed E-state index contributed by atoms with van der Waals surface area (Å²) in [6, 6.07) is 16.7. The molecule has 0 spiro atoms. The molecule has 0 saturated carbocycles. The third-order valence-corrected chi connectivity index (χ3v) is 4.28. The van der Waals surface area contributed by atoms with Gasteiger partial charge in [0.1, 0.15) is 11.3 Å². The fourth-order valence-electron chi connectivity index (χ4n) is 2.76. The van der Waals surface area contributed by atoms with Gasteiger partial charge in [-0.05, 0) is 49.9 Å². The van der Waals surface area contributed by atoms with Crippen molar-refractivity contribution in [3.8, 4) is 5.75 Å². The van der Waals surface area contributed by atoms with Crippen LogP contribution < -0.4 is 15.8 Å². The zero-order valence-corrected chi connectivity index (χ0v) is 15.9. The van der Waals surface area contributed by atoms with Gasteiger partial charge in [-0.2, -0.15) is 5.10 Å². The van der Waals surface area contributed by atoms with Gasteiger partial charge in [-0.15, -0.1) is 0 Å². The molecule has 0 atom stereocenters. The minimum Gasteiger partial charge on any atom is -0.484 e. The molecule has 6 nitrogen and oxygen atoms in total. The van der Waals surface area contributed by atoms with Crippen LogP contribution in [0, 0.1) is 6.92 Å². The van der Waals surface area contributed by atoms with E-state index in [-0.39, 0.29) is 12.5 Å². The van der Waals surface area contributed by atoms with E-state index in [1.54, 1.807) is 18.2 Å². The number of ether oxygens (including phenoxy) is 1. The lowest BCUT2D eigenvalue weighted by Gasteiger charge is -2.07.